The van der Waals surface area contributed by atoms with Crippen molar-refractivity contribution in [1.29, 1.82) is 0 Å². The van der Waals surface area contributed by atoms with Gasteiger partial charge >= 0.3 is 0 Å². The third-order valence-electron chi connectivity index (χ3n) is 2.56. The Morgan fingerprint density at radius 2 is 2.00 bits per heavy atom. The minimum atomic E-state index is 0.239. The van der Waals surface area contributed by atoms with Crippen molar-refractivity contribution in [2.75, 3.05) is 13.1 Å². The molecule has 0 aromatic heterocycles. The molecule has 15 heavy (non-hydrogen) atoms. The van der Waals surface area contributed by atoms with Crippen LogP contribution in [0.25, 0.3) is 0 Å². The molecule has 0 spiro atoms. The fourth-order valence-corrected chi connectivity index (χ4v) is 1.84. The predicted molar refractivity (Wildman–Crippen MR) is 63.6 cm³/mol. The molecule has 0 aromatic rings. The van der Waals surface area contributed by atoms with E-state index in [0.717, 1.165) is 44.3 Å². The lowest BCUT2D eigenvalue weighted by Crippen LogP contribution is -2.33. The van der Waals surface area contributed by atoms with Gasteiger partial charge < -0.3 is 4.90 Å². The Hall–Kier alpha value is -1.05. The average molecular weight is 207 g/mol. The lowest BCUT2D eigenvalue weighted by atomic mass is 10.0. The summed E-state index contributed by atoms with van der Waals surface area (Å²) in [7, 11) is 0. The van der Waals surface area contributed by atoms with Crippen LogP contribution in [0.2, 0.25) is 0 Å². The number of hydrogen-bond donors (Lipinski definition) is 0. The minimum absolute atomic E-state index is 0.239. The lowest BCUT2D eigenvalue weighted by molar-refractivity contribution is -0.127. The smallest absolute Gasteiger partial charge is 0.249 e. The van der Waals surface area contributed by atoms with Crippen molar-refractivity contribution in [3.8, 4) is 0 Å². The molecule has 84 valence electrons. The zero-order valence-electron chi connectivity index (χ0n) is 9.83. The van der Waals surface area contributed by atoms with E-state index >= 15 is 0 Å². The van der Waals surface area contributed by atoms with E-state index in [1.54, 1.807) is 0 Å². The monoisotopic (exact) mass is 207 g/mol. The number of allylic oxidation sites excluding steroid dienone is 3. The van der Waals surface area contributed by atoms with Crippen LogP contribution >= 0.6 is 0 Å². The van der Waals surface area contributed by atoms with Gasteiger partial charge in [-0.1, -0.05) is 32.1 Å². The van der Waals surface area contributed by atoms with Crippen LogP contribution in [-0.4, -0.2) is 23.9 Å². The fourth-order valence-electron chi connectivity index (χ4n) is 1.84. The van der Waals surface area contributed by atoms with Crippen LogP contribution < -0.4 is 0 Å². The molecular weight excluding hydrogens is 186 g/mol. The molecule has 0 fully saturated rings. The topological polar surface area (TPSA) is 20.3 Å². The van der Waals surface area contributed by atoms with Gasteiger partial charge in [-0.3, -0.25) is 4.79 Å². The third kappa shape index (κ3) is 3.54. The maximum atomic E-state index is 12.1. The Kier molecular flexibility index (Phi) is 5.16. The van der Waals surface area contributed by atoms with Crippen LogP contribution in [0.15, 0.2) is 23.8 Å². The van der Waals surface area contributed by atoms with Crippen LogP contribution in [0.5, 0.6) is 0 Å². The van der Waals surface area contributed by atoms with Gasteiger partial charge in [-0.2, -0.15) is 0 Å². The van der Waals surface area contributed by atoms with E-state index in [2.05, 4.69) is 19.9 Å². The summed E-state index contributed by atoms with van der Waals surface area (Å²) in [5.74, 6) is 0.239. The Labute approximate surface area is 92.7 Å². The van der Waals surface area contributed by atoms with Gasteiger partial charge in [0.05, 0.1) is 0 Å². The molecule has 0 atom stereocenters. The molecule has 0 radical (unpaired) electrons. The first-order valence-corrected chi connectivity index (χ1v) is 5.94. The molecule has 0 bridgehead atoms. The molecule has 0 N–H and O–H groups in total. The quantitative estimate of drug-likeness (QED) is 0.678. The number of rotatable bonds is 5. The summed E-state index contributed by atoms with van der Waals surface area (Å²) in [6.45, 7) is 6.00. The molecule has 0 aromatic carbocycles. The molecule has 0 saturated heterocycles. The minimum Gasteiger partial charge on any atom is -0.339 e. The van der Waals surface area contributed by atoms with Crippen LogP contribution in [-0.2, 0) is 4.79 Å². The molecule has 0 unspecified atom stereocenters. The Balaban J connectivity index is 2.61. The highest BCUT2D eigenvalue weighted by molar-refractivity contribution is 5.93. The Bertz CT molecular complexity index is 260. The third-order valence-corrected chi connectivity index (χ3v) is 2.56. The summed E-state index contributed by atoms with van der Waals surface area (Å²) in [4.78, 5) is 14.1. The number of nitrogens with zero attached hydrogens (tertiary/aromatic N) is 1. The van der Waals surface area contributed by atoms with E-state index in [1.807, 2.05) is 17.1 Å². The van der Waals surface area contributed by atoms with Gasteiger partial charge in [-0.25, -0.2) is 0 Å². The highest BCUT2D eigenvalue weighted by atomic mass is 16.2. The Morgan fingerprint density at radius 3 is 2.47 bits per heavy atom. The van der Waals surface area contributed by atoms with Gasteiger partial charge in [-0.05, 0) is 25.7 Å². The van der Waals surface area contributed by atoms with E-state index in [9.17, 15) is 4.79 Å². The zero-order valence-corrected chi connectivity index (χ0v) is 9.83. The molecule has 0 heterocycles. The van der Waals surface area contributed by atoms with Crippen molar-refractivity contribution in [1.82, 2.24) is 4.90 Å². The number of carbonyl (C=O) groups is 1. The predicted octanol–water partition coefficient (Wildman–Crippen LogP) is 2.91. The molecule has 2 nitrogen and oxygen atoms in total. The maximum Gasteiger partial charge on any atom is 0.249 e. The molecule has 1 aliphatic carbocycles. The maximum absolute atomic E-state index is 12.1. The first-order chi connectivity index (χ1) is 7.29. The summed E-state index contributed by atoms with van der Waals surface area (Å²) >= 11 is 0. The molecule has 1 amide bonds. The molecule has 1 rings (SSSR count). The van der Waals surface area contributed by atoms with E-state index in [4.69, 9.17) is 0 Å². The molecule has 1 aliphatic rings. The SMILES string of the molecule is CCCN(CCC)C(=O)C1=CC=CCC1. The summed E-state index contributed by atoms with van der Waals surface area (Å²) in [5.41, 5.74) is 0.972. The van der Waals surface area contributed by atoms with Crippen molar-refractivity contribution in [2.24, 2.45) is 0 Å². The van der Waals surface area contributed by atoms with Crippen LogP contribution in [0, 0.1) is 0 Å². The van der Waals surface area contributed by atoms with Gasteiger partial charge in [0.25, 0.3) is 0 Å². The molecular formula is C13H21NO. The second-order valence-electron chi connectivity index (χ2n) is 3.95. The van der Waals surface area contributed by atoms with E-state index in [-0.39, 0.29) is 5.91 Å². The highest BCUT2D eigenvalue weighted by Gasteiger charge is 2.16. The largest absolute Gasteiger partial charge is 0.339 e. The average Bonchev–Trinajstić information content (AvgIpc) is 2.29. The van der Waals surface area contributed by atoms with Crippen molar-refractivity contribution in [3.05, 3.63) is 23.8 Å². The van der Waals surface area contributed by atoms with Crippen molar-refractivity contribution in [2.45, 2.75) is 39.5 Å². The van der Waals surface area contributed by atoms with Crippen LogP contribution in [0.3, 0.4) is 0 Å². The second kappa shape index (κ2) is 6.44. The van der Waals surface area contributed by atoms with Crippen molar-refractivity contribution >= 4 is 5.91 Å². The summed E-state index contributed by atoms with van der Waals surface area (Å²) in [5, 5.41) is 0. The van der Waals surface area contributed by atoms with Crippen molar-refractivity contribution in [3.63, 3.8) is 0 Å². The number of carbonyl (C=O) groups excluding carboxylic acids is 1. The van der Waals surface area contributed by atoms with Crippen LogP contribution in [0.4, 0.5) is 0 Å². The van der Waals surface area contributed by atoms with Gasteiger partial charge in [0.1, 0.15) is 0 Å². The molecule has 0 aliphatic heterocycles. The van der Waals surface area contributed by atoms with Gasteiger partial charge in [0.15, 0.2) is 0 Å². The van der Waals surface area contributed by atoms with E-state index in [0.29, 0.717) is 0 Å². The zero-order chi connectivity index (χ0) is 11.1. The molecule has 0 saturated carbocycles. The lowest BCUT2D eigenvalue weighted by Gasteiger charge is -2.23. The van der Waals surface area contributed by atoms with E-state index < -0.39 is 0 Å². The van der Waals surface area contributed by atoms with Gasteiger partial charge in [0, 0.05) is 18.7 Å². The second-order valence-corrected chi connectivity index (χ2v) is 3.95. The molecule has 2 heteroatoms. The van der Waals surface area contributed by atoms with E-state index in [1.165, 1.54) is 0 Å². The summed E-state index contributed by atoms with van der Waals surface area (Å²) in [6, 6.07) is 0. The highest BCUT2D eigenvalue weighted by Crippen LogP contribution is 2.15. The first-order valence-electron chi connectivity index (χ1n) is 5.94. The normalized spacial score (nSPS) is 14.9. The van der Waals surface area contributed by atoms with Gasteiger partial charge in [-0.15, -0.1) is 0 Å². The summed E-state index contributed by atoms with van der Waals surface area (Å²) < 4.78 is 0. The number of hydrogen-bond acceptors (Lipinski definition) is 1. The van der Waals surface area contributed by atoms with Crippen LogP contribution in [0.1, 0.15) is 39.5 Å². The summed E-state index contributed by atoms with van der Waals surface area (Å²) in [6.07, 6.45) is 10.0. The standard InChI is InChI=1S/C13H21NO/c1-3-10-14(11-4-2)13(15)12-8-6-5-7-9-12/h5-6,8H,3-4,7,9-11H2,1-2H3. The first kappa shape index (κ1) is 12.0. The Morgan fingerprint density at radius 1 is 1.33 bits per heavy atom. The number of amides is 1. The van der Waals surface area contributed by atoms with Crippen molar-refractivity contribution < 1.29 is 4.79 Å². The fraction of sp³-hybridized carbons (Fsp3) is 0.615. The van der Waals surface area contributed by atoms with Gasteiger partial charge in [0.2, 0.25) is 5.91 Å².